The van der Waals surface area contributed by atoms with Gasteiger partial charge in [0.2, 0.25) is 11.8 Å². The zero-order valence-electron chi connectivity index (χ0n) is 23.5. The number of benzene rings is 3. The molecule has 0 bridgehead atoms. The molecule has 0 unspecified atom stereocenters. The number of carbonyl (C=O) groups is 2. The van der Waals surface area contributed by atoms with E-state index in [1.807, 2.05) is 56.3 Å². The zero-order valence-corrected chi connectivity index (χ0v) is 23.5. The van der Waals surface area contributed by atoms with Gasteiger partial charge in [0.25, 0.3) is 0 Å². The van der Waals surface area contributed by atoms with Gasteiger partial charge in [-0.3, -0.25) is 14.5 Å². The van der Waals surface area contributed by atoms with Crippen LogP contribution >= 0.6 is 0 Å². The average Bonchev–Trinajstić information content (AvgIpc) is 2.94. The highest BCUT2D eigenvalue weighted by Gasteiger charge is 2.25. The molecular weight excluding hydrogens is 505 g/mol. The molecule has 0 radical (unpaired) electrons. The van der Waals surface area contributed by atoms with E-state index >= 15 is 0 Å². The van der Waals surface area contributed by atoms with Crippen LogP contribution in [0.15, 0.2) is 72.8 Å². The smallest absolute Gasteiger partial charge is 0.234 e. The Balaban J connectivity index is 1.49. The Morgan fingerprint density at radius 3 is 2.55 bits per heavy atom. The Bertz CT molecular complexity index is 1280. The molecule has 0 aliphatic carbocycles. The second-order valence-corrected chi connectivity index (χ2v) is 11.1. The minimum atomic E-state index is -0.550. The van der Waals surface area contributed by atoms with Gasteiger partial charge in [-0.15, -0.1) is 0 Å². The summed E-state index contributed by atoms with van der Waals surface area (Å²) in [6, 6.07) is 22.6. The molecule has 1 aliphatic rings. The Hall–Kier alpha value is -3.71. The van der Waals surface area contributed by atoms with E-state index in [-0.39, 0.29) is 30.6 Å². The van der Waals surface area contributed by atoms with Crippen LogP contribution in [0.4, 0.5) is 4.39 Å². The summed E-state index contributed by atoms with van der Waals surface area (Å²) in [5.74, 6) is 0.384. The first kappa shape index (κ1) is 29.3. The average molecular weight is 546 g/mol. The molecule has 0 saturated carbocycles. The maximum Gasteiger partial charge on any atom is 0.234 e. The highest BCUT2D eigenvalue weighted by molar-refractivity contribution is 5.79. The van der Waals surface area contributed by atoms with Gasteiger partial charge in [0.1, 0.15) is 11.6 Å². The van der Waals surface area contributed by atoms with E-state index in [4.69, 9.17) is 4.74 Å². The standard InChI is InChI=1S/C33H40FN3O3/c1-33(2,28-13-7-8-14-29(28)34)24-36-31(38)20-26-15-16-30-27(19-26)22-37(21-25-11-5-3-6-12-25)23-32(39)35-17-9-4-10-18-40-30/h3,5-8,11-16,19H,4,9-10,17-18,20-24H2,1-2H3,(H,35,39)(H,36,38). The second-order valence-electron chi connectivity index (χ2n) is 11.1. The fraction of sp³-hybridized carbons (Fsp3) is 0.394. The van der Waals surface area contributed by atoms with Crippen LogP contribution in [0.1, 0.15) is 55.4 Å². The molecule has 7 heteroatoms. The Morgan fingerprint density at radius 2 is 1.75 bits per heavy atom. The van der Waals surface area contributed by atoms with Crippen molar-refractivity contribution in [1.82, 2.24) is 15.5 Å². The van der Waals surface area contributed by atoms with Crippen LogP contribution in [-0.2, 0) is 34.5 Å². The van der Waals surface area contributed by atoms with Gasteiger partial charge in [0.05, 0.1) is 19.6 Å². The van der Waals surface area contributed by atoms with Crippen molar-refractivity contribution >= 4 is 11.8 Å². The summed E-state index contributed by atoms with van der Waals surface area (Å²) in [5.41, 5.74) is 2.95. The lowest BCUT2D eigenvalue weighted by Gasteiger charge is -2.26. The largest absolute Gasteiger partial charge is 0.493 e. The van der Waals surface area contributed by atoms with Crippen molar-refractivity contribution in [1.29, 1.82) is 0 Å². The summed E-state index contributed by atoms with van der Waals surface area (Å²) >= 11 is 0. The van der Waals surface area contributed by atoms with Gasteiger partial charge in [-0.05, 0) is 48.1 Å². The van der Waals surface area contributed by atoms with Gasteiger partial charge in [-0.1, -0.05) is 74.5 Å². The summed E-state index contributed by atoms with van der Waals surface area (Å²) in [7, 11) is 0. The minimum Gasteiger partial charge on any atom is -0.493 e. The fourth-order valence-electron chi connectivity index (χ4n) is 5.00. The SMILES string of the molecule is CC(C)(CNC(=O)Cc1ccc2c(c1)CN(Cc1ccccc1)CC(=O)NCCCCCO2)c1ccccc1F. The highest BCUT2D eigenvalue weighted by atomic mass is 19.1. The molecular formula is C33H40FN3O3. The topological polar surface area (TPSA) is 70.7 Å². The van der Waals surface area contributed by atoms with E-state index in [2.05, 4.69) is 27.7 Å². The third kappa shape index (κ3) is 8.65. The summed E-state index contributed by atoms with van der Waals surface area (Å²) < 4.78 is 20.5. The van der Waals surface area contributed by atoms with Crippen LogP contribution < -0.4 is 15.4 Å². The monoisotopic (exact) mass is 545 g/mol. The summed E-state index contributed by atoms with van der Waals surface area (Å²) in [4.78, 5) is 27.8. The predicted octanol–water partition coefficient (Wildman–Crippen LogP) is 5.14. The van der Waals surface area contributed by atoms with Gasteiger partial charge in [-0.2, -0.15) is 0 Å². The lowest BCUT2D eigenvalue weighted by molar-refractivity contribution is -0.122. The molecule has 3 aromatic carbocycles. The maximum atomic E-state index is 14.3. The number of ether oxygens (including phenoxy) is 1. The lowest BCUT2D eigenvalue weighted by Crippen LogP contribution is -2.38. The first-order valence-corrected chi connectivity index (χ1v) is 14.1. The number of nitrogens with zero attached hydrogens (tertiary/aromatic N) is 1. The molecule has 1 aliphatic heterocycles. The van der Waals surface area contributed by atoms with Gasteiger partial charge in [0.15, 0.2) is 0 Å². The molecule has 0 spiro atoms. The van der Waals surface area contributed by atoms with E-state index in [9.17, 15) is 14.0 Å². The van der Waals surface area contributed by atoms with E-state index in [0.29, 0.717) is 38.3 Å². The number of hydrogen-bond donors (Lipinski definition) is 2. The van der Waals surface area contributed by atoms with Crippen LogP contribution in [0.3, 0.4) is 0 Å². The van der Waals surface area contributed by atoms with Crippen molar-refractivity contribution in [2.75, 3.05) is 26.2 Å². The second kappa shape index (κ2) is 14.1. The predicted molar refractivity (Wildman–Crippen MR) is 155 cm³/mol. The molecule has 3 aromatic rings. The van der Waals surface area contributed by atoms with Crippen molar-refractivity contribution in [2.45, 2.75) is 58.0 Å². The van der Waals surface area contributed by atoms with E-state index < -0.39 is 5.41 Å². The van der Waals surface area contributed by atoms with Crippen molar-refractivity contribution in [3.8, 4) is 5.75 Å². The normalized spacial score (nSPS) is 15.4. The van der Waals surface area contributed by atoms with Crippen molar-refractivity contribution < 1.29 is 18.7 Å². The van der Waals surface area contributed by atoms with Crippen LogP contribution in [-0.4, -0.2) is 43.0 Å². The number of hydrogen-bond acceptors (Lipinski definition) is 4. The van der Waals surface area contributed by atoms with Crippen molar-refractivity contribution in [2.24, 2.45) is 0 Å². The third-order valence-electron chi connectivity index (χ3n) is 7.23. The lowest BCUT2D eigenvalue weighted by atomic mass is 9.84. The summed E-state index contributed by atoms with van der Waals surface area (Å²) in [5, 5.41) is 6.03. The van der Waals surface area contributed by atoms with Crippen LogP contribution in [0.2, 0.25) is 0 Å². The number of halogens is 1. The van der Waals surface area contributed by atoms with Crippen molar-refractivity contribution in [3.05, 3.63) is 101 Å². The van der Waals surface area contributed by atoms with Gasteiger partial charge in [0, 0.05) is 37.2 Å². The first-order chi connectivity index (χ1) is 19.3. The molecule has 0 atom stereocenters. The Kier molecular flexibility index (Phi) is 10.3. The Labute approximate surface area is 236 Å². The number of nitrogens with one attached hydrogen (secondary N) is 2. The number of rotatable bonds is 7. The molecule has 4 rings (SSSR count). The highest BCUT2D eigenvalue weighted by Crippen LogP contribution is 2.26. The quantitative estimate of drug-likeness (QED) is 0.431. The molecule has 6 nitrogen and oxygen atoms in total. The molecule has 1 heterocycles. The number of fused-ring (bicyclic) bond motifs is 1. The third-order valence-corrected chi connectivity index (χ3v) is 7.23. The van der Waals surface area contributed by atoms with Gasteiger partial charge >= 0.3 is 0 Å². The molecule has 0 saturated heterocycles. The van der Waals surface area contributed by atoms with Crippen LogP contribution in [0.25, 0.3) is 0 Å². The van der Waals surface area contributed by atoms with E-state index in [1.54, 1.807) is 12.1 Å². The molecule has 212 valence electrons. The summed E-state index contributed by atoms with van der Waals surface area (Å²) in [6.45, 7) is 6.82. The fourth-order valence-corrected chi connectivity index (χ4v) is 5.00. The molecule has 2 N–H and O–H groups in total. The van der Waals surface area contributed by atoms with E-state index in [1.165, 1.54) is 6.07 Å². The zero-order chi connectivity index (χ0) is 28.4. The summed E-state index contributed by atoms with van der Waals surface area (Å²) in [6.07, 6.45) is 3.00. The minimum absolute atomic E-state index is 0.00523. The molecule has 40 heavy (non-hydrogen) atoms. The maximum absolute atomic E-state index is 14.3. The Morgan fingerprint density at radius 1 is 0.975 bits per heavy atom. The van der Waals surface area contributed by atoms with Gasteiger partial charge < -0.3 is 15.4 Å². The molecule has 0 fully saturated rings. The number of amides is 2. The molecule has 0 aromatic heterocycles. The van der Waals surface area contributed by atoms with Gasteiger partial charge in [-0.25, -0.2) is 4.39 Å². The van der Waals surface area contributed by atoms with Crippen LogP contribution in [0, 0.1) is 5.82 Å². The van der Waals surface area contributed by atoms with Crippen LogP contribution in [0.5, 0.6) is 5.75 Å². The van der Waals surface area contributed by atoms with Crippen molar-refractivity contribution in [3.63, 3.8) is 0 Å². The van der Waals surface area contributed by atoms with E-state index in [0.717, 1.165) is 41.7 Å². The number of carbonyl (C=O) groups excluding carboxylic acids is 2. The molecule has 2 amide bonds. The first-order valence-electron chi connectivity index (χ1n) is 14.1.